The molecule has 4 heteroatoms. The summed E-state index contributed by atoms with van der Waals surface area (Å²) in [6.07, 6.45) is 3.62. The first kappa shape index (κ1) is 16.0. The van der Waals surface area contributed by atoms with Gasteiger partial charge in [0.15, 0.2) is 0 Å². The van der Waals surface area contributed by atoms with E-state index in [1.165, 1.54) is 25.0 Å². The summed E-state index contributed by atoms with van der Waals surface area (Å²) >= 11 is 0. The minimum absolute atomic E-state index is 0.0768. The van der Waals surface area contributed by atoms with Gasteiger partial charge in [-0.1, -0.05) is 26.7 Å². The van der Waals surface area contributed by atoms with E-state index < -0.39 is 0 Å². The summed E-state index contributed by atoms with van der Waals surface area (Å²) in [5.74, 6) is 0.902. The molecule has 0 aliphatic heterocycles. The van der Waals surface area contributed by atoms with E-state index in [0.717, 1.165) is 6.42 Å². The minimum atomic E-state index is -0.302. The Labute approximate surface area is 126 Å². The zero-order chi connectivity index (χ0) is 15.4. The van der Waals surface area contributed by atoms with Crippen LogP contribution in [-0.4, -0.2) is 18.0 Å². The van der Waals surface area contributed by atoms with Gasteiger partial charge in [0.25, 0.3) is 0 Å². The van der Waals surface area contributed by atoms with Crippen LogP contribution in [-0.2, 0) is 4.79 Å². The van der Waals surface area contributed by atoms with Crippen LogP contribution < -0.4 is 10.6 Å². The van der Waals surface area contributed by atoms with Gasteiger partial charge in [-0.2, -0.15) is 0 Å². The molecule has 2 N–H and O–H groups in total. The topological polar surface area (TPSA) is 41.1 Å². The highest BCUT2D eigenvalue weighted by atomic mass is 19.1. The second-order valence-electron chi connectivity index (χ2n) is 6.26. The van der Waals surface area contributed by atoms with Gasteiger partial charge >= 0.3 is 0 Å². The molecule has 0 heterocycles. The predicted octanol–water partition coefficient (Wildman–Crippen LogP) is 3.57. The maximum atomic E-state index is 12.8. The summed E-state index contributed by atoms with van der Waals surface area (Å²) in [5.41, 5.74) is 0.625. The lowest BCUT2D eigenvalue weighted by atomic mass is 9.78. The molecule has 116 valence electrons. The zero-order valence-corrected chi connectivity index (χ0v) is 13.0. The maximum Gasteiger partial charge on any atom is 0.241 e. The minimum Gasteiger partial charge on any atom is -0.325 e. The van der Waals surface area contributed by atoms with Crippen LogP contribution in [0.4, 0.5) is 10.1 Å². The second kappa shape index (κ2) is 7.03. The largest absolute Gasteiger partial charge is 0.325 e. The van der Waals surface area contributed by atoms with Gasteiger partial charge in [0.05, 0.1) is 6.04 Å². The Morgan fingerprint density at radius 1 is 1.24 bits per heavy atom. The molecule has 0 unspecified atom stereocenters. The molecule has 1 aliphatic carbocycles. The maximum absolute atomic E-state index is 12.8. The van der Waals surface area contributed by atoms with Crippen molar-refractivity contribution in [3.63, 3.8) is 0 Å². The van der Waals surface area contributed by atoms with Crippen LogP contribution in [0.3, 0.4) is 0 Å². The number of amides is 1. The van der Waals surface area contributed by atoms with E-state index in [4.69, 9.17) is 0 Å². The highest BCUT2D eigenvalue weighted by molar-refractivity contribution is 5.94. The number of hydrogen-bond donors (Lipinski definition) is 2. The van der Waals surface area contributed by atoms with Crippen LogP contribution >= 0.6 is 0 Å². The zero-order valence-electron chi connectivity index (χ0n) is 13.0. The molecule has 0 spiro atoms. The third-order valence-electron chi connectivity index (χ3n) is 4.68. The number of hydrogen-bond acceptors (Lipinski definition) is 2. The van der Waals surface area contributed by atoms with E-state index in [-0.39, 0.29) is 17.8 Å². The Kier molecular flexibility index (Phi) is 5.34. The monoisotopic (exact) mass is 292 g/mol. The van der Waals surface area contributed by atoms with Crippen LogP contribution in [0.25, 0.3) is 0 Å². The molecule has 0 radical (unpaired) electrons. The lowest BCUT2D eigenvalue weighted by molar-refractivity contribution is -0.118. The van der Waals surface area contributed by atoms with Crippen molar-refractivity contribution in [2.75, 3.05) is 5.32 Å². The van der Waals surface area contributed by atoms with Gasteiger partial charge in [-0.05, 0) is 49.4 Å². The predicted molar refractivity (Wildman–Crippen MR) is 83.6 cm³/mol. The van der Waals surface area contributed by atoms with Crippen molar-refractivity contribution in [1.29, 1.82) is 0 Å². The molecular weight excluding hydrogens is 267 g/mol. The first-order valence-corrected chi connectivity index (χ1v) is 7.80. The van der Waals surface area contributed by atoms with Crippen molar-refractivity contribution in [2.45, 2.75) is 52.1 Å². The van der Waals surface area contributed by atoms with Gasteiger partial charge in [-0.25, -0.2) is 4.39 Å². The van der Waals surface area contributed by atoms with E-state index in [2.05, 4.69) is 24.5 Å². The molecule has 1 aromatic carbocycles. The first-order chi connectivity index (χ1) is 9.97. The fraction of sp³-hybridized carbons (Fsp3) is 0.588. The molecule has 1 aromatic rings. The number of carbonyl (C=O) groups excluding carboxylic acids is 1. The third-order valence-corrected chi connectivity index (χ3v) is 4.68. The lowest BCUT2D eigenvalue weighted by Crippen LogP contribution is -2.49. The quantitative estimate of drug-likeness (QED) is 0.891. The molecule has 0 aromatic heterocycles. The summed E-state index contributed by atoms with van der Waals surface area (Å²) in [6.45, 7) is 6.42. The van der Waals surface area contributed by atoms with E-state index >= 15 is 0 Å². The number of halogens is 1. The Hall–Kier alpha value is -1.42. The van der Waals surface area contributed by atoms with Crippen molar-refractivity contribution in [3.8, 4) is 0 Å². The first-order valence-electron chi connectivity index (χ1n) is 7.80. The SMILES string of the molecule is C[C@@H]1[C@@H](C)CCC[C@H]1N[C@@H](C)C(=O)Nc1ccc(F)cc1. The molecule has 1 aliphatic rings. The molecule has 21 heavy (non-hydrogen) atoms. The Morgan fingerprint density at radius 2 is 1.90 bits per heavy atom. The summed E-state index contributed by atoms with van der Waals surface area (Å²) in [7, 11) is 0. The Bertz CT molecular complexity index is 474. The van der Waals surface area contributed by atoms with E-state index in [9.17, 15) is 9.18 Å². The molecule has 4 atom stereocenters. The molecule has 0 bridgehead atoms. The van der Waals surface area contributed by atoms with Gasteiger partial charge in [0.2, 0.25) is 5.91 Å². The fourth-order valence-electron chi connectivity index (χ4n) is 3.00. The number of nitrogens with one attached hydrogen (secondary N) is 2. The number of carbonyl (C=O) groups is 1. The highest BCUT2D eigenvalue weighted by Gasteiger charge is 2.29. The summed E-state index contributed by atoms with van der Waals surface area (Å²) < 4.78 is 12.8. The van der Waals surface area contributed by atoms with Crippen molar-refractivity contribution in [2.24, 2.45) is 11.8 Å². The lowest BCUT2D eigenvalue weighted by Gasteiger charge is -2.36. The van der Waals surface area contributed by atoms with Crippen LogP contribution in [0.2, 0.25) is 0 Å². The summed E-state index contributed by atoms with van der Waals surface area (Å²) in [4.78, 5) is 12.2. The van der Waals surface area contributed by atoms with Crippen molar-refractivity contribution >= 4 is 11.6 Å². The van der Waals surface area contributed by atoms with Crippen molar-refractivity contribution in [1.82, 2.24) is 5.32 Å². The van der Waals surface area contributed by atoms with Crippen LogP contribution in [0.1, 0.15) is 40.0 Å². The summed E-state index contributed by atoms with van der Waals surface area (Å²) in [6, 6.07) is 5.98. The average Bonchev–Trinajstić information content (AvgIpc) is 2.46. The second-order valence-corrected chi connectivity index (χ2v) is 6.26. The Balaban J connectivity index is 1.88. The van der Waals surface area contributed by atoms with Crippen LogP contribution in [0.5, 0.6) is 0 Å². The molecule has 1 amide bonds. The van der Waals surface area contributed by atoms with E-state index in [0.29, 0.717) is 23.6 Å². The van der Waals surface area contributed by atoms with Gasteiger partial charge in [0.1, 0.15) is 5.82 Å². The Morgan fingerprint density at radius 3 is 2.57 bits per heavy atom. The normalized spacial score (nSPS) is 27.1. The van der Waals surface area contributed by atoms with Gasteiger partial charge in [-0.3, -0.25) is 4.79 Å². The average molecular weight is 292 g/mol. The van der Waals surface area contributed by atoms with Gasteiger partial charge in [-0.15, -0.1) is 0 Å². The summed E-state index contributed by atoms with van der Waals surface area (Å²) in [5, 5.41) is 6.26. The van der Waals surface area contributed by atoms with Gasteiger partial charge < -0.3 is 10.6 Å². The van der Waals surface area contributed by atoms with Crippen molar-refractivity contribution in [3.05, 3.63) is 30.1 Å². The number of benzene rings is 1. The standard InChI is InChI=1S/C17H25FN2O/c1-11-5-4-6-16(12(11)2)19-13(3)17(21)20-15-9-7-14(18)8-10-15/h7-13,16,19H,4-6H2,1-3H3,(H,20,21)/t11-,12+,13-,16+/m0/s1. The van der Waals surface area contributed by atoms with Crippen LogP contribution in [0, 0.1) is 17.7 Å². The number of rotatable bonds is 4. The molecular formula is C17H25FN2O. The third kappa shape index (κ3) is 4.27. The molecule has 0 saturated heterocycles. The van der Waals surface area contributed by atoms with E-state index in [1.54, 1.807) is 12.1 Å². The van der Waals surface area contributed by atoms with Gasteiger partial charge in [0, 0.05) is 11.7 Å². The van der Waals surface area contributed by atoms with Crippen LogP contribution in [0.15, 0.2) is 24.3 Å². The smallest absolute Gasteiger partial charge is 0.241 e. The molecule has 2 rings (SSSR count). The van der Waals surface area contributed by atoms with Crippen molar-refractivity contribution < 1.29 is 9.18 Å². The van der Waals surface area contributed by atoms with E-state index in [1.807, 2.05) is 6.92 Å². The molecule has 1 saturated carbocycles. The number of anilines is 1. The fourth-order valence-corrected chi connectivity index (χ4v) is 3.00. The molecule has 1 fully saturated rings. The highest BCUT2D eigenvalue weighted by Crippen LogP contribution is 2.29. The molecule has 3 nitrogen and oxygen atoms in total.